The number of fused-ring (bicyclic) bond motifs is 3. The highest BCUT2D eigenvalue weighted by Crippen LogP contribution is 2.34. The van der Waals surface area contributed by atoms with E-state index in [1.165, 1.54) is 0 Å². The van der Waals surface area contributed by atoms with Gasteiger partial charge < -0.3 is 14.1 Å². The molecule has 0 unspecified atom stereocenters. The van der Waals surface area contributed by atoms with Crippen molar-refractivity contribution in [3.8, 4) is 0 Å². The van der Waals surface area contributed by atoms with Crippen LogP contribution in [0.5, 0.6) is 0 Å². The van der Waals surface area contributed by atoms with E-state index in [0.717, 1.165) is 9.86 Å². The third kappa shape index (κ3) is 2.88. The van der Waals surface area contributed by atoms with Crippen LogP contribution in [-0.2, 0) is 4.74 Å². The van der Waals surface area contributed by atoms with E-state index < -0.39 is 11.7 Å². The van der Waals surface area contributed by atoms with Crippen LogP contribution in [0.25, 0.3) is 22.1 Å². The summed E-state index contributed by atoms with van der Waals surface area (Å²) in [4.78, 5) is 33.7. The van der Waals surface area contributed by atoms with Crippen molar-refractivity contribution < 1.29 is 13.9 Å². The van der Waals surface area contributed by atoms with Crippen LogP contribution in [0.15, 0.2) is 31.9 Å². The number of H-pyrrole nitrogens is 1. The molecule has 1 aliphatic rings. The second kappa shape index (κ2) is 5.84. The summed E-state index contributed by atoms with van der Waals surface area (Å²) in [6, 6.07) is 5.19. The number of amides is 1. The Bertz CT molecular complexity index is 1080. The van der Waals surface area contributed by atoms with Crippen LogP contribution in [0.4, 0.5) is 4.79 Å². The van der Waals surface area contributed by atoms with Crippen molar-refractivity contribution >= 4 is 44.1 Å². The molecule has 136 valence electrons. The highest BCUT2D eigenvalue weighted by molar-refractivity contribution is 9.10. The standard InChI is InChI=1S/C18H18BrN3O4/c1-18(2,3)26-17(24)22-7-6-11(22)15-20-13-10-8-9(19)4-5-12(10)25-14(13)16(23)21-15/h4-5,8,11H,6-7H2,1-3H3,(H,20,21,23)/t11-/m0/s1. The Labute approximate surface area is 157 Å². The molecule has 0 radical (unpaired) electrons. The lowest BCUT2D eigenvalue weighted by Gasteiger charge is -2.40. The lowest BCUT2D eigenvalue weighted by molar-refractivity contribution is -0.00737. The summed E-state index contributed by atoms with van der Waals surface area (Å²) in [5.74, 6) is 0.447. The number of rotatable bonds is 1. The van der Waals surface area contributed by atoms with Crippen LogP contribution in [0.1, 0.15) is 39.1 Å². The molecule has 4 rings (SSSR count). The molecule has 1 amide bonds. The van der Waals surface area contributed by atoms with Crippen molar-refractivity contribution in [1.82, 2.24) is 14.9 Å². The van der Waals surface area contributed by atoms with Crippen molar-refractivity contribution in [1.29, 1.82) is 0 Å². The van der Waals surface area contributed by atoms with Gasteiger partial charge >= 0.3 is 6.09 Å². The minimum atomic E-state index is -0.574. The molecule has 0 bridgehead atoms. The number of ether oxygens (including phenoxy) is 1. The van der Waals surface area contributed by atoms with Gasteiger partial charge in [-0.15, -0.1) is 0 Å². The average molecular weight is 420 g/mol. The average Bonchev–Trinajstić information content (AvgIpc) is 2.83. The van der Waals surface area contributed by atoms with E-state index in [0.29, 0.717) is 29.9 Å². The second-order valence-electron chi connectivity index (χ2n) is 7.35. The Morgan fingerprint density at radius 2 is 2.19 bits per heavy atom. The zero-order valence-electron chi connectivity index (χ0n) is 14.6. The SMILES string of the molecule is CC(C)(C)OC(=O)N1CC[C@H]1c1nc2c(oc3ccc(Br)cc32)c(=O)[nH]1. The van der Waals surface area contributed by atoms with E-state index >= 15 is 0 Å². The molecule has 1 aromatic carbocycles. The summed E-state index contributed by atoms with van der Waals surface area (Å²) in [6.07, 6.45) is 0.309. The fourth-order valence-electron chi connectivity index (χ4n) is 3.01. The lowest BCUT2D eigenvalue weighted by Crippen LogP contribution is -2.48. The second-order valence-corrected chi connectivity index (χ2v) is 8.27. The summed E-state index contributed by atoms with van der Waals surface area (Å²) in [7, 11) is 0. The maximum Gasteiger partial charge on any atom is 0.410 e. The van der Waals surface area contributed by atoms with Gasteiger partial charge in [0.15, 0.2) is 0 Å². The molecule has 8 heteroatoms. The summed E-state index contributed by atoms with van der Waals surface area (Å²) in [5.41, 5.74) is 0.347. The van der Waals surface area contributed by atoms with Gasteiger partial charge in [-0.2, -0.15) is 0 Å². The predicted octanol–water partition coefficient (Wildman–Crippen LogP) is 4.11. The Morgan fingerprint density at radius 3 is 2.85 bits per heavy atom. The Morgan fingerprint density at radius 1 is 1.42 bits per heavy atom. The normalized spacial score (nSPS) is 17.5. The smallest absolute Gasteiger partial charge is 0.410 e. The fourth-order valence-corrected chi connectivity index (χ4v) is 3.37. The van der Waals surface area contributed by atoms with Crippen molar-refractivity contribution in [3.63, 3.8) is 0 Å². The first-order valence-corrected chi connectivity index (χ1v) is 9.14. The zero-order valence-corrected chi connectivity index (χ0v) is 16.2. The van der Waals surface area contributed by atoms with Gasteiger partial charge in [-0.1, -0.05) is 15.9 Å². The number of aromatic nitrogens is 2. The minimum absolute atomic E-state index is 0.185. The van der Waals surface area contributed by atoms with E-state index in [4.69, 9.17) is 9.15 Å². The summed E-state index contributed by atoms with van der Waals surface area (Å²) in [6.45, 7) is 6.03. The van der Waals surface area contributed by atoms with E-state index in [2.05, 4.69) is 25.9 Å². The molecule has 2 aromatic heterocycles. The highest BCUT2D eigenvalue weighted by Gasteiger charge is 2.38. The summed E-state index contributed by atoms with van der Waals surface area (Å²) in [5, 5.41) is 0.755. The molecule has 1 fully saturated rings. The Balaban J connectivity index is 1.75. The number of halogens is 1. The van der Waals surface area contributed by atoms with Gasteiger partial charge in [0.05, 0.1) is 6.04 Å². The molecule has 7 nitrogen and oxygen atoms in total. The van der Waals surface area contributed by atoms with Gasteiger partial charge in [-0.25, -0.2) is 9.78 Å². The predicted molar refractivity (Wildman–Crippen MR) is 100 cm³/mol. The minimum Gasteiger partial charge on any atom is -0.449 e. The molecule has 0 saturated carbocycles. The number of aromatic amines is 1. The molecule has 1 saturated heterocycles. The molecule has 26 heavy (non-hydrogen) atoms. The summed E-state index contributed by atoms with van der Waals surface area (Å²) >= 11 is 3.43. The quantitative estimate of drug-likeness (QED) is 0.640. The third-order valence-corrected chi connectivity index (χ3v) is 4.76. The first-order chi connectivity index (χ1) is 12.2. The molecule has 0 aliphatic carbocycles. The van der Waals surface area contributed by atoms with Crippen molar-refractivity contribution in [2.75, 3.05) is 6.54 Å². The van der Waals surface area contributed by atoms with Crippen LogP contribution < -0.4 is 5.56 Å². The molecule has 3 heterocycles. The number of likely N-dealkylation sites (tertiary alicyclic amines) is 1. The summed E-state index contributed by atoms with van der Waals surface area (Å²) < 4.78 is 11.9. The molecule has 1 N–H and O–H groups in total. The molecule has 1 aliphatic heterocycles. The largest absolute Gasteiger partial charge is 0.449 e. The number of carbonyl (C=O) groups excluding carboxylic acids is 1. The first kappa shape index (κ1) is 17.1. The lowest BCUT2D eigenvalue weighted by atomic mass is 10.0. The van der Waals surface area contributed by atoms with E-state index in [1.54, 1.807) is 11.0 Å². The van der Waals surface area contributed by atoms with E-state index in [-0.39, 0.29) is 17.2 Å². The monoisotopic (exact) mass is 419 g/mol. The number of hydrogen-bond donors (Lipinski definition) is 1. The van der Waals surface area contributed by atoms with Crippen LogP contribution in [0.3, 0.4) is 0 Å². The van der Waals surface area contributed by atoms with Gasteiger partial charge in [0.25, 0.3) is 5.56 Å². The van der Waals surface area contributed by atoms with Gasteiger partial charge in [0.1, 0.15) is 22.5 Å². The number of hydrogen-bond acceptors (Lipinski definition) is 5. The molecule has 1 atom stereocenters. The number of furan rings is 1. The first-order valence-electron chi connectivity index (χ1n) is 8.34. The van der Waals surface area contributed by atoms with Crippen LogP contribution >= 0.6 is 15.9 Å². The van der Waals surface area contributed by atoms with Crippen molar-refractivity contribution in [2.24, 2.45) is 0 Å². The number of nitrogens with one attached hydrogen (secondary N) is 1. The van der Waals surface area contributed by atoms with E-state index in [9.17, 15) is 9.59 Å². The maximum atomic E-state index is 12.5. The number of benzene rings is 1. The maximum absolute atomic E-state index is 12.5. The van der Waals surface area contributed by atoms with Gasteiger partial charge in [0.2, 0.25) is 5.58 Å². The topological polar surface area (TPSA) is 88.4 Å². The fraction of sp³-hybridized carbons (Fsp3) is 0.389. The van der Waals surface area contributed by atoms with Crippen molar-refractivity contribution in [3.05, 3.63) is 38.9 Å². The highest BCUT2D eigenvalue weighted by atomic mass is 79.9. The van der Waals surface area contributed by atoms with Crippen LogP contribution in [-0.4, -0.2) is 33.1 Å². The number of nitrogens with zero attached hydrogens (tertiary/aromatic N) is 2. The van der Waals surface area contributed by atoms with Crippen LogP contribution in [0.2, 0.25) is 0 Å². The van der Waals surface area contributed by atoms with Gasteiger partial charge in [-0.05, 0) is 45.4 Å². The zero-order chi connectivity index (χ0) is 18.6. The van der Waals surface area contributed by atoms with E-state index in [1.807, 2.05) is 32.9 Å². The molecule has 3 aromatic rings. The van der Waals surface area contributed by atoms with Gasteiger partial charge in [0, 0.05) is 16.4 Å². The van der Waals surface area contributed by atoms with Gasteiger partial charge in [-0.3, -0.25) is 9.69 Å². The van der Waals surface area contributed by atoms with Crippen LogP contribution in [0, 0.1) is 0 Å². The third-order valence-electron chi connectivity index (χ3n) is 4.27. The Kier molecular flexibility index (Phi) is 3.83. The Hall–Kier alpha value is -2.35. The number of carbonyl (C=O) groups is 1. The molecular weight excluding hydrogens is 402 g/mol. The van der Waals surface area contributed by atoms with Crippen molar-refractivity contribution in [2.45, 2.75) is 38.8 Å². The molecular formula is C18H18BrN3O4. The molecule has 0 spiro atoms.